The van der Waals surface area contributed by atoms with Crippen LogP contribution in [-0.4, -0.2) is 80.0 Å². The molecule has 2 rings (SSSR count). The molecular formula is C15H29N3O3S. The van der Waals surface area contributed by atoms with Crippen LogP contribution >= 0.6 is 0 Å². The van der Waals surface area contributed by atoms with Gasteiger partial charge in [0, 0.05) is 39.3 Å². The van der Waals surface area contributed by atoms with Gasteiger partial charge in [-0.15, -0.1) is 0 Å². The van der Waals surface area contributed by atoms with Crippen molar-refractivity contribution < 1.29 is 13.2 Å². The number of rotatable bonds is 3. The van der Waals surface area contributed by atoms with Crippen LogP contribution in [0, 0.1) is 11.8 Å². The van der Waals surface area contributed by atoms with Crippen LogP contribution in [0.3, 0.4) is 0 Å². The van der Waals surface area contributed by atoms with Gasteiger partial charge >= 0.3 is 0 Å². The molecule has 2 aliphatic heterocycles. The van der Waals surface area contributed by atoms with E-state index in [0.29, 0.717) is 38.0 Å². The standard InChI is InChI=1S/C15H29N3O3S/c1-12-9-13(2)11-17(10-12)15(19)14(3)16-5-7-18(8-6-16)22(4,20)21/h12-14H,5-11H2,1-4H3. The number of piperazine rings is 1. The third kappa shape index (κ3) is 4.20. The lowest BCUT2D eigenvalue weighted by atomic mass is 9.91. The van der Waals surface area contributed by atoms with E-state index in [1.54, 1.807) is 0 Å². The molecule has 2 heterocycles. The van der Waals surface area contributed by atoms with E-state index in [1.165, 1.54) is 17.0 Å². The highest BCUT2D eigenvalue weighted by Crippen LogP contribution is 2.22. The molecule has 1 amide bonds. The zero-order chi connectivity index (χ0) is 16.5. The summed E-state index contributed by atoms with van der Waals surface area (Å²) in [4.78, 5) is 16.8. The minimum absolute atomic E-state index is 0.167. The third-order valence-corrected chi connectivity index (χ3v) is 6.13. The first kappa shape index (κ1) is 17.7. The number of hydrogen-bond acceptors (Lipinski definition) is 4. The largest absolute Gasteiger partial charge is 0.341 e. The fourth-order valence-corrected chi connectivity index (χ4v) is 4.51. The maximum Gasteiger partial charge on any atom is 0.239 e. The first-order valence-electron chi connectivity index (χ1n) is 8.16. The van der Waals surface area contributed by atoms with Crippen molar-refractivity contribution in [2.45, 2.75) is 33.2 Å². The molecule has 3 atom stereocenters. The van der Waals surface area contributed by atoms with Crippen molar-refractivity contribution in [1.29, 1.82) is 0 Å². The molecule has 0 aromatic rings. The smallest absolute Gasteiger partial charge is 0.239 e. The van der Waals surface area contributed by atoms with Crippen molar-refractivity contribution in [3.63, 3.8) is 0 Å². The van der Waals surface area contributed by atoms with Gasteiger partial charge in [0.05, 0.1) is 12.3 Å². The topological polar surface area (TPSA) is 60.9 Å². The number of sulfonamides is 1. The van der Waals surface area contributed by atoms with E-state index in [2.05, 4.69) is 18.7 Å². The molecule has 0 spiro atoms. The highest BCUT2D eigenvalue weighted by Gasteiger charge is 2.33. The summed E-state index contributed by atoms with van der Waals surface area (Å²) in [5.41, 5.74) is 0. The summed E-state index contributed by atoms with van der Waals surface area (Å²) < 4.78 is 24.6. The monoisotopic (exact) mass is 331 g/mol. The molecule has 0 aliphatic carbocycles. The second kappa shape index (κ2) is 6.84. The van der Waals surface area contributed by atoms with Crippen LogP contribution in [0.1, 0.15) is 27.2 Å². The zero-order valence-corrected chi connectivity index (χ0v) is 15.0. The van der Waals surface area contributed by atoms with Gasteiger partial charge in [-0.05, 0) is 25.2 Å². The van der Waals surface area contributed by atoms with Crippen LogP contribution in [0.15, 0.2) is 0 Å². The Hall–Kier alpha value is -0.660. The molecule has 0 bridgehead atoms. The third-order valence-electron chi connectivity index (χ3n) is 4.83. The molecule has 0 aromatic heterocycles. The minimum atomic E-state index is -3.12. The molecule has 6 nitrogen and oxygen atoms in total. The van der Waals surface area contributed by atoms with Crippen LogP contribution in [-0.2, 0) is 14.8 Å². The van der Waals surface area contributed by atoms with Gasteiger partial charge in [-0.25, -0.2) is 8.42 Å². The summed E-state index contributed by atoms with van der Waals surface area (Å²) in [7, 11) is -3.12. The molecule has 0 N–H and O–H groups in total. The number of amides is 1. The Bertz CT molecular complexity index is 490. The predicted octanol–water partition coefficient (Wildman–Crippen LogP) is 0.457. The van der Waals surface area contributed by atoms with Gasteiger partial charge in [0.2, 0.25) is 15.9 Å². The predicted molar refractivity (Wildman–Crippen MR) is 87.0 cm³/mol. The molecule has 0 radical (unpaired) electrons. The van der Waals surface area contributed by atoms with Crippen LogP contribution in [0.5, 0.6) is 0 Å². The zero-order valence-electron chi connectivity index (χ0n) is 14.2. The minimum Gasteiger partial charge on any atom is -0.341 e. The number of piperidine rings is 1. The fraction of sp³-hybridized carbons (Fsp3) is 0.933. The van der Waals surface area contributed by atoms with Crippen LogP contribution < -0.4 is 0 Å². The second-order valence-corrected chi connectivity index (χ2v) is 9.05. The van der Waals surface area contributed by atoms with Crippen LogP contribution in [0.2, 0.25) is 0 Å². The molecule has 2 aliphatic rings. The maximum absolute atomic E-state index is 12.7. The van der Waals surface area contributed by atoms with Gasteiger partial charge in [0.15, 0.2) is 0 Å². The molecule has 0 aromatic carbocycles. The van der Waals surface area contributed by atoms with Crippen molar-refractivity contribution in [1.82, 2.24) is 14.1 Å². The molecule has 2 saturated heterocycles. The van der Waals surface area contributed by atoms with E-state index in [9.17, 15) is 13.2 Å². The van der Waals surface area contributed by atoms with Gasteiger partial charge in [0.25, 0.3) is 0 Å². The van der Waals surface area contributed by atoms with E-state index in [-0.39, 0.29) is 11.9 Å². The lowest BCUT2D eigenvalue weighted by Gasteiger charge is -2.41. The van der Waals surface area contributed by atoms with Gasteiger partial charge in [-0.2, -0.15) is 4.31 Å². The quantitative estimate of drug-likeness (QED) is 0.754. The van der Waals surface area contributed by atoms with Gasteiger partial charge in [-0.3, -0.25) is 9.69 Å². The average Bonchev–Trinajstić information content (AvgIpc) is 2.44. The maximum atomic E-state index is 12.7. The SMILES string of the molecule is CC1CC(C)CN(C(=O)C(C)N2CCN(S(C)(=O)=O)CC2)C1. The Labute approximate surface area is 134 Å². The molecule has 0 saturated carbocycles. The van der Waals surface area contributed by atoms with E-state index in [4.69, 9.17) is 0 Å². The Kier molecular flexibility index (Phi) is 5.50. The molecule has 2 fully saturated rings. The van der Waals surface area contributed by atoms with Crippen molar-refractivity contribution in [3.05, 3.63) is 0 Å². The first-order chi connectivity index (χ1) is 10.2. The van der Waals surface area contributed by atoms with Gasteiger partial charge < -0.3 is 4.90 Å². The van der Waals surface area contributed by atoms with Crippen molar-refractivity contribution in [3.8, 4) is 0 Å². The number of nitrogens with zero attached hydrogens (tertiary/aromatic N) is 3. The molecule has 3 unspecified atom stereocenters. The first-order valence-corrected chi connectivity index (χ1v) is 10.0. The van der Waals surface area contributed by atoms with E-state index >= 15 is 0 Å². The second-order valence-electron chi connectivity index (χ2n) is 7.06. The van der Waals surface area contributed by atoms with Crippen molar-refractivity contribution in [2.24, 2.45) is 11.8 Å². The number of hydrogen-bond donors (Lipinski definition) is 0. The van der Waals surface area contributed by atoms with E-state index < -0.39 is 10.0 Å². The van der Waals surface area contributed by atoms with Crippen LogP contribution in [0.4, 0.5) is 0 Å². The highest BCUT2D eigenvalue weighted by atomic mass is 32.2. The number of carbonyl (C=O) groups is 1. The van der Waals surface area contributed by atoms with Gasteiger partial charge in [-0.1, -0.05) is 13.8 Å². The molecular weight excluding hydrogens is 302 g/mol. The normalized spacial score (nSPS) is 30.3. The fourth-order valence-electron chi connectivity index (χ4n) is 3.69. The summed E-state index contributed by atoms with van der Waals surface area (Å²) in [6, 6.07) is -0.167. The van der Waals surface area contributed by atoms with E-state index in [1.807, 2.05) is 11.8 Å². The molecule has 7 heteroatoms. The number of likely N-dealkylation sites (tertiary alicyclic amines) is 1. The lowest BCUT2D eigenvalue weighted by molar-refractivity contribution is -0.139. The van der Waals surface area contributed by atoms with Crippen LogP contribution in [0.25, 0.3) is 0 Å². The number of carbonyl (C=O) groups excluding carboxylic acids is 1. The Morgan fingerprint density at radius 2 is 1.55 bits per heavy atom. The van der Waals surface area contributed by atoms with E-state index in [0.717, 1.165) is 13.1 Å². The summed E-state index contributed by atoms with van der Waals surface area (Å²) in [5, 5.41) is 0. The van der Waals surface area contributed by atoms with Gasteiger partial charge in [0.1, 0.15) is 0 Å². The Morgan fingerprint density at radius 3 is 2.00 bits per heavy atom. The Morgan fingerprint density at radius 1 is 1.05 bits per heavy atom. The Balaban J connectivity index is 1.92. The molecule has 22 heavy (non-hydrogen) atoms. The summed E-state index contributed by atoms with van der Waals surface area (Å²) in [5.74, 6) is 1.30. The highest BCUT2D eigenvalue weighted by molar-refractivity contribution is 7.88. The average molecular weight is 331 g/mol. The lowest BCUT2D eigenvalue weighted by Crippen LogP contribution is -2.56. The van der Waals surface area contributed by atoms with Crippen molar-refractivity contribution >= 4 is 15.9 Å². The summed E-state index contributed by atoms with van der Waals surface area (Å²) >= 11 is 0. The molecule has 128 valence electrons. The summed E-state index contributed by atoms with van der Waals surface area (Å²) in [6.45, 7) is 10.2. The van der Waals surface area contributed by atoms with Crippen molar-refractivity contribution in [2.75, 3.05) is 45.5 Å². The summed E-state index contributed by atoms with van der Waals surface area (Å²) in [6.07, 6.45) is 2.43.